The third-order valence-electron chi connectivity index (χ3n) is 2.24. The van der Waals surface area contributed by atoms with Crippen LogP contribution in [0.4, 0.5) is 0 Å². The molecule has 0 aromatic heterocycles. The zero-order chi connectivity index (χ0) is 12.9. The Hall–Kier alpha value is -0.790. The topological polar surface area (TPSA) is 34.1 Å². The second kappa shape index (κ2) is 6.23. The molecule has 0 radical (unpaired) electrons. The smallest absolute Gasteiger partial charge is 0.180 e. The van der Waals surface area contributed by atoms with Crippen LogP contribution in [0.5, 0.6) is 0 Å². The molecule has 0 N–H and O–H groups in total. The van der Waals surface area contributed by atoms with Gasteiger partial charge in [0.2, 0.25) is 0 Å². The van der Waals surface area contributed by atoms with Gasteiger partial charge in [-0.15, -0.1) is 0 Å². The van der Waals surface area contributed by atoms with Gasteiger partial charge in [-0.25, -0.2) is 8.42 Å². The van der Waals surface area contributed by atoms with E-state index in [1.165, 1.54) is 0 Å². The monoisotopic (exact) mass is 314 g/mol. The van der Waals surface area contributed by atoms with Gasteiger partial charge in [0.15, 0.2) is 9.84 Å². The lowest BCUT2D eigenvalue weighted by atomic mass is 10.2. The fraction of sp³-hybridized carbons (Fsp3) is 0.385. The standard InChI is InChI=1S/C13H15BrO2S/c1-11(2)17(15,16)13-8-5-7-12(10-13)6-3-4-9-14/h5,7-8,10-11H,4,9H2,1-2H3. The summed E-state index contributed by atoms with van der Waals surface area (Å²) >= 11 is 3.29. The summed E-state index contributed by atoms with van der Waals surface area (Å²) in [7, 11) is -3.21. The van der Waals surface area contributed by atoms with Crippen molar-refractivity contribution in [2.24, 2.45) is 0 Å². The Balaban J connectivity index is 3.07. The normalized spacial score (nSPS) is 11.1. The van der Waals surface area contributed by atoms with Crippen molar-refractivity contribution >= 4 is 25.8 Å². The van der Waals surface area contributed by atoms with Gasteiger partial charge in [-0.3, -0.25) is 0 Å². The van der Waals surface area contributed by atoms with Crippen molar-refractivity contribution < 1.29 is 8.42 Å². The molecule has 2 nitrogen and oxygen atoms in total. The fourth-order valence-corrected chi connectivity index (χ4v) is 2.54. The first-order valence-corrected chi connectivity index (χ1v) is 8.04. The van der Waals surface area contributed by atoms with Crippen LogP contribution in [0.25, 0.3) is 0 Å². The van der Waals surface area contributed by atoms with Crippen molar-refractivity contribution in [3.8, 4) is 11.8 Å². The second-order valence-corrected chi connectivity index (χ2v) is 7.16. The summed E-state index contributed by atoms with van der Waals surface area (Å²) in [5.74, 6) is 5.92. The van der Waals surface area contributed by atoms with Gasteiger partial charge in [0.1, 0.15) is 0 Å². The highest BCUT2D eigenvalue weighted by Crippen LogP contribution is 2.16. The number of alkyl halides is 1. The molecule has 1 aromatic carbocycles. The molecule has 92 valence electrons. The molecule has 1 aromatic rings. The molecule has 4 heteroatoms. The van der Waals surface area contributed by atoms with Gasteiger partial charge in [0, 0.05) is 17.3 Å². The van der Waals surface area contributed by atoms with Crippen LogP contribution < -0.4 is 0 Å². The summed E-state index contributed by atoms with van der Waals surface area (Å²) in [5, 5.41) is 0.414. The third-order valence-corrected chi connectivity index (χ3v) is 4.78. The number of benzene rings is 1. The molecule has 0 aliphatic heterocycles. The van der Waals surface area contributed by atoms with E-state index in [1.807, 2.05) is 6.07 Å². The molecule has 0 saturated carbocycles. The Morgan fingerprint density at radius 1 is 1.35 bits per heavy atom. The van der Waals surface area contributed by atoms with Crippen molar-refractivity contribution in [3.63, 3.8) is 0 Å². The molecule has 0 fully saturated rings. The average Bonchev–Trinajstić information content (AvgIpc) is 2.29. The van der Waals surface area contributed by atoms with Gasteiger partial charge >= 0.3 is 0 Å². The van der Waals surface area contributed by atoms with E-state index in [4.69, 9.17) is 0 Å². The van der Waals surface area contributed by atoms with Crippen LogP contribution in [0.1, 0.15) is 25.8 Å². The van der Waals surface area contributed by atoms with Gasteiger partial charge in [0.05, 0.1) is 10.1 Å². The first-order chi connectivity index (χ1) is 7.98. The SMILES string of the molecule is CC(C)S(=O)(=O)c1cccc(C#CCCBr)c1. The van der Waals surface area contributed by atoms with Crippen molar-refractivity contribution in [3.05, 3.63) is 29.8 Å². The largest absolute Gasteiger partial charge is 0.223 e. The van der Waals surface area contributed by atoms with Crippen molar-refractivity contribution in [1.29, 1.82) is 0 Å². The van der Waals surface area contributed by atoms with Crippen LogP contribution in [-0.4, -0.2) is 19.0 Å². The van der Waals surface area contributed by atoms with Crippen LogP contribution in [0.3, 0.4) is 0 Å². The molecule has 0 amide bonds. The minimum Gasteiger partial charge on any atom is -0.223 e. The summed E-state index contributed by atoms with van der Waals surface area (Å²) in [6, 6.07) is 6.80. The molecule has 0 aliphatic rings. The van der Waals surface area contributed by atoms with E-state index >= 15 is 0 Å². The molecule has 0 aliphatic carbocycles. The minimum atomic E-state index is -3.21. The lowest BCUT2D eigenvalue weighted by Gasteiger charge is -2.07. The zero-order valence-corrected chi connectivity index (χ0v) is 12.3. The molecule has 0 saturated heterocycles. The highest BCUT2D eigenvalue weighted by atomic mass is 79.9. The Morgan fingerprint density at radius 3 is 2.65 bits per heavy atom. The second-order valence-electron chi connectivity index (χ2n) is 3.86. The molecule has 0 atom stereocenters. The Kier molecular flexibility index (Phi) is 5.23. The zero-order valence-electron chi connectivity index (χ0n) is 9.90. The quantitative estimate of drug-likeness (QED) is 0.635. The van der Waals surface area contributed by atoms with E-state index in [0.29, 0.717) is 4.90 Å². The fourth-order valence-electron chi connectivity index (χ4n) is 1.23. The van der Waals surface area contributed by atoms with E-state index in [9.17, 15) is 8.42 Å². The van der Waals surface area contributed by atoms with Crippen LogP contribution in [0.2, 0.25) is 0 Å². The molecular weight excluding hydrogens is 300 g/mol. The van der Waals surface area contributed by atoms with Crippen LogP contribution in [-0.2, 0) is 9.84 Å². The summed E-state index contributed by atoms with van der Waals surface area (Å²) in [6.07, 6.45) is 0.751. The predicted molar refractivity (Wildman–Crippen MR) is 74.1 cm³/mol. The summed E-state index contributed by atoms with van der Waals surface area (Å²) in [5.41, 5.74) is 0.743. The van der Waals surface area contributed by atoms with Crippen LogP contribution >= 0.6 is 15.9 Å². The van der Waals surface area contributed by atoms with E-state index in [0.717, 1.165) is 17.3 Å². The van der Waals surface area contributed by atoms with Crippen LogP contribution in [0, 0.1) is 11.8 Å². The van der Waals surface area contributed by atoms with E-state index in [-0.39, 0.29) is 0 Å². The van der Waals surface area contributed by atoms with Gasteiger partial charge in [0.25, 0.3) is 0 Å². The molecule has 0 spiro atoms. The molecule has 1 rings (SSSR count). The third kappa shape index (κ3) is 3.86. The highest BCUT2D eigenvalue weighted by molar-refractivity contribution is 9.09. The van der Waals surface area contributed by atoms with Crippen LogP contribution in [0.15, 0.2) is 29.2 Å². The highest BCUT2D eigenvalue weighted by Gasteiger charge is 2.18. The minimum absolute atomic E-state index is 0.346. The first-order valence-electron chi connectivity index (χ1n) is 5.37. The number of rotatable bonds is 3. The molecule has 0 heterocycles. The Labute approximate surface area is 111 Å². The maximum Gasteiger partial charge on any atom is 0.180 e. The maximum absolute atomic E-state index is 12.0. The Bertz CT molecular complexity index is 536. The number of sulfone groups is 1. The summed E-state index contributed by atoms with van der Waals surface area (Å²) < 4.78 is 23.9. The van der Waals surface area contributed by atoms with Crippen molar-refractivity contribution in [2.75, 3.05) is 5.33 Å². The molecular formula is C13H15BrO2S. The molecule has 17 heavy (non-hydrogen) atoms. The van der Waals surface area contributed by atoms with E-state index in [2.05, 4.69) is 27.8 Å². The molecule has 0 unspecified atom stereocenters. The van der Waals surface area contributed by atoms with Crippen molar-refractivity contribution in [2.45, 2.75) is 30.4 Å². The lowest BCUT2D eigenvalue weighted by molar-refractivity contribution is 0.587. The Morgan fingerprint density at radius 2 is 2.06 bits per heavy atom. The maximum atomic E-state index is 12.0. The first kappa shape index (κ1) is 14.3. The lowest BCUT2D eigenvalue weighted by Crippen LogP contribution is -2.13. The van der Waals surface area contributed by atoms with Crippen molar-refractivity contribution in [1.82, 2.24) is 0 Å². The van der Waals surface area contributed by atoms with Gasteiger partial charge in [-0.05, 0) is 32.0 Å². The van der Waals surface area contributed by atoms with Gasteiger partial charge in [-0.1, -0.05) is 33.8 Å². The number of hydrogen-bond acceptors (Lipinski definition) is 2. The van der Waals surface area contributed by atoms with E-state index in [1.54, 1.807) is 32.0 Å². The summed E-state index contributed by atoms with van der Waals surface area (Å²) in [6.45, 7) is 3.36. The summed E-state index contributed by atoms with van der Waals surface area (Å²) in [4.78, 5) is 0.346. The predicted octanol–water partition coefficient (Wildman–Crippen LogP) is 3.01. The van der Waals surface area contributed by atoms with Gasteiger partial charge < -0.3 is 0 Å². The molecule has 0 bridgehead atoms. The average molecular weight is 315 g/mol. The number of halogens is 1. The number of hydrogen-bond donors (Lipinski definition) is 0. The van der Waals surface area contributed by atoms with Gasteiger partial charge in [-0.2, -0.15) is 0 Å². The van der Waals surface area contributed by atoms with E-state index < -0.39 is 15.1 Å².